The van der Waals surface area contributed by atoms with Crippen molar-refractivity contribution >= 4 is 23.3 Å². The molecule has 134 valence electrons. The fraction of sp³-hybridized carbons (Fsp3) is 0.300. The molecule has 5 nitrogen and oxygen atoms in total. The number of aromatic nitrogens is 2. The summed E-state index contributed by atoms with van der Waals surface area (Å²) < 4.78 is 7.84. The molecule has 1 aromatic carbocycles. The molecule has 2 aromatic heterocycles. The summed E-state index contributed by atoms with van der Waals surface area (Å²) >= 11 is 1.92. The van der Waals surface area contributed by atoms with Crippen LogP contribution in [0.5, 0.6) is 5.75 Å². The fourth-order valence-electron chi connectivity index (χ4n) is 3.06. The SMILES string of the molecule is O=C(c1cccc(OCc2cn3ccccc3n2)c1)N1CCCSCC1. The highest BCUT2D eigenvalue weighted by Gasteiger charge is 2.17. The number of imidazole rings is 1. The van der Waals surface area contributed by atoms with Gasteiger partial charge in [-0.1, -0.05) is 12.1 Å². The van der Waals surface area contributed by atoms with Gasteiger partial charge in [-0.05, 0) is 42.5 Å². The first-order valence-electron chi connectivity index (χ1n) is 8.82. The van der Waals surface area contributed by atoms with Crippen molar-refractivity contribution in [3.05, 3.63) is 66.1 Å². The maximum Gasteiger partial charge on any atom is 0.254 e. The first-order valence-corrected chi connectivity index (χ1v) is 9.97. The largest absolute Gasteiger partial charge is 0.487 e. The van der Waals surface area contributed by atoms with Crippen LogP contribution in [0.15, 0.2) is 54.9 Å². The van der Waals surface area contributed by atoms with E-state index in [-0.39, 0.29) is 5.91 Å². The van der Waals surface area contributed by atoms with Crippen molar-refractivity contribution in [2.75, 3.05) is 24.6 Å². The van der Waals surface area contributed by atoms with Gasteiger partial charge < -0.3 is 14.0 Å². The summed E-state index contributed by atoms with van der Waals surface area (Å²) in [5, 5.41) is 0. The quantitative estimate of drug-likeness (QED) is 0.708. The number of nitrogens with zero attached hydrogens (tertiary/aromatic N) is 3. The molecule has 1 amide bonds. The molecule has 0 unspecified atom stereocenters. The third kappa shape index (κ3) is 3.85. The number of rotatable bonds is 4. The van der Waals surface area contributed by atoms with E-state index in [0.29, 0.717) is 17.9 Å². The van der Waals surface area contributed by atoms with Crippen molar-refractivity contribution in [2.24, 2.45) is 0 Å². The van der Waals surface area contributed by atoms with E-state index < -0.39 is 0 Å². The molecular formula is C20H21N3O2S. The molecule has 0 aliphatic carbocycles. The Morgan fingerprint density at radius 1 is 1.15 bits per heavy atom. The van der Waals surface area contributed by atoms with Crippen LogP contribution >= 0.6 is 11.8 Å². The molecule has 1 saturated heterocycles. The van der Waals surface area contributed by atoms with E-state index in [2.05, 4.69) is 4.98 Å². The molecule has 1 aliphatic rings. The number of benzene rings is 1. The summed E-state index contributed by atoms with van der Waals surface area (Å²) in [6.07, 6.45) is 4.98. The van der Waals surface area contributed by atoms with Gasteiger partial charge in [-0.3, -0.25) is 4.79 Å². The lowest BCUT2D eigenvalue weighted by molar-refractivity contribution is 0.0768. The van der Waals surface area contributed by atoms with Crippen molar-refractivity contribution in [1.29, 1.82) is 0 Å². The molecule has 0 atom stereocenters. The molecule has 6 heteroatoms. The van der Waals surface area contributed by atoms with Gasteiger partial charge in [0.2, 0.25) is 0 Å². The van der Waals surface area contributed by atoms with Crippen LogP contribution in [-0.2, 0) is 6.61 Å². The second kappa shape index (κ2) is 7.83. The maximum absolute atomic E-state index is 12.7. The number of fused-ring (bicyclic) bond motifs is 1. The molecule has 3 aromatic rings. The van der Waals surface area contributed by atoms with Gasteiger partial charge in [-0.25, -0.2) is 4.98 Å². The van der Waals surface area contributed by atoms with E-state index in [1.165, 1.54) is 0 Å². The molecule has 1 fully saturated rings. The fourth-order valence-corrected chi connectivity index (χ4v) is 3.95. The van der Waals surface area contributed by atoms with Crippen molar-refractivity contribution in [3.8, 4) is 5.75 Å². The highest BCUT2D eigenvalue weighted by atomic mass is 32.2. The summed E-state index contributed by atoms with van der Waals surface area (Å²) in [4.78, 5) is 19.2. The van der Waals surface area contributed by atoms with E-state index in [1.54, 1.807) is 0 Å². The lowest BCUT2D eigenvalue weighted by Crippen LogP contribution is -2.32. The van der Waals surface area contributed by atoms with Gasteiger partial charge in [0.1, 0.15) is 18.0 Å². The van der Waals surface area contributed by atoms with Crippen molar-refractivity contribution in [3.63, 3.8) is 0 Å². The number of hydrogen-bond donors (Lipinski definition) is 0. The lowest BCUT2D eigenvalue weighted by atomic mass is 10.2. The minimum absolute atomic E-state index is 0.0886. The van der Waals surface area contributed by atoms with E-state index in [0.717, 1.165) is 42.4 Å². The number of thioether (sulfide) groups is 1. The lowest BCUT2D eigenvalue weighted by Gasteiger charge is -2.20. The summed E-state index contributed by atoms with van der Waals surface area (Å²) in [6.45, 7) is 2.02. The highest BCUT2D eigenvalue weighted by Crippen LogP contribution is 2.18. The van der Waals surface area contributed by atoms with Crippen LogP contribution in [-0.4, -0.2) is 44.8 Å². The Balaban J connectivity index is 1.44. The maximum atomic E-state index is 12.7. The first kappa shape index (κ1) is 17.0. The zero-order valence-corrected chi connectivity index (χ0v) is 15.3. The van der Waals surface area contributed by atoms with Crippen LogP contribution in [0.25, 0.3) is 5.65 Å². The smallest absolute Gasteiger partial charge is 0.254 e. The molecule has 0 spiro atoms. The molecule has 0 bridgehead atoms. The Kier molecular flexibility index (Phi) is 5.11. The predicted octanol–water partition coefficient (Wildman–Crippen LogP) is 3.49. The second-order valence-corrected chi connectivity index (χ2v) is 7.50. The van der Waals surface area contributed by atoms with Crippen LogP contribution in [0.4, 0.5) is 0 Å². The molecule has 1 aliphatic heterocycles. The third-order valence-corrected chi connectivity index (χ3v) is 5.44. The molecule has 0 saturated carbocycles. The van der Waals surface area contributed by atoms with Crippen LogP contribution < -0.4 is 4.74 Å². The van der Waals surface area contributed by atoms with Crippen molar-refractivity contribution in [1.82, 2.24) is 14.3 Å². The van der Waals surface area contributed by atoms with Gasteiger partial charge in [0.15, 0.2) is 0 Å². The van der Waals surface area contributed by atoms with Crippen molar-refractivity contribution in [2.45, 2.75) is 13.0 Å². The van der Waals surface area contributed by atoms with Gasteiger partial charge in [-0.15, -0.1) is 0 Å². The zero-order chi connectivity index (χ0) is 17.8. The molecule has 4 rings (SSSR count). The number of ether oxygens (including phenoxy) is 1. The van der Waals surface area contributed by atoms with E-state index >= 15 is 0 Å². The number of hydrogen-bond acceptors (Lipinski definition) is 4. The van der Waals surface area contributed by atoms with Crippen LogP contribution in [0.3, 0.4) is 0 Å². The normalized spacial score (nSPS) is 15.0. The number of pyridine rings is 1. The Morgan fingerprint density at radius 2 is 2.12 bits per heavy atom. The van der Waals surface area contributed by atoms with Gasteiger partial charge >= 0.3 is 0 Å². The van der Waals surface area contributed by atoms with E-state index in [1.807, 2.05) is 75.9 Å². The number of amides is 1. The molecule has 26 heavy (non-hydrogen) atoms. The van der Waals surface area contributed by atoms with E-state index in [9.17, 15) is 4.79 Å². The van der Waals surface area contributed by atoms with Crippen LogP contribution in [0, 0.1) is 0 Å². The Bertz CT molecular complexity index is 868. The predicted molar refractivity (Wildman–Crippen MR) is 104 cm³/mol. The van der Waals surface area contributed by atoms with Crippen molar-refractivity contribution < 1.29 is 9.53 Å². The summed E-state index contributed by atoms with van der Waals surface area (Å²) in [7, 11) is 0. The molecule has 3 heterocycles. The summed E-state index contributed by atoms with van der Waals surface area (Å²) in [5.41, 5.74) is 2.44. The Labute approximate surface area is 157 Å². The number of carbonyl (C=O) groups excluding carboxylic acids is 1. The van der Waals surface area contributed by atoms with Gasteiger partial charge in [0.25, 0.3) is 5.91 Å². The van der Waals surface area contributed by atoms with Crippen LogP contribution in [0.2, 0.25) is 0 Å². The van der Waals surface area contributed by atoms with E-state index in [4.69, 9.17) is 4.74 Å². The standard InChI is InChI=1S/C20H21N3O2S/c24-20(22-9-4-11-26-12-10-22)16-5-3-6-18(13-16)25-15-17-14-23-8-2-1-7-19(23)21-17/h1-3,5-8,13-14H,4,9-12,15H2. The van der Waals surface area contributed by atoms with Gasteiger partial charge in [0, 0.05) is 36.8 Å². The minimum atomic E-state index is 0.0886. The average Bonchev–Trinajstić information content (AvgIpc) is 2.90. The molecule has 0 N–H and O–H groups in total. The molecular weight excluding hydrogens is 346 g/mol. The Morgan fingerprint density at radius 3 is 3.04 bits per heavy atom. The number of carbonyl (C=O) groups is 1. The first-order chi connectivity index (χ1) is 12.8. The van der Waals surface area contributed by atoms with Crippen LogP contribution in [0.1, 0.15) is 22.5 Å². The summed E-state index contributed by atoms with van der Waals surface area (Å²) in [6, 6.07) is 13.3. The third-order valence-electron chi connectivity index (χ3n) is 4.39. The zero-order valence-electron chi connectivity index (χ0n) is 14.5. The van der Waals surface area contributed by atoms with Gasteiger partial charge in [-0.2, -0.15) is 11.8 Å². The highest BCUT2D eigenvalue weighted by molar-refractivity contribution is 7.99. The van der Waals surface area contributed by atoms with Gasteiger partial charge in [0.05, 0.1) is 5.69 Å². The second-order valence-electron chi connectivity index (χ2n) is 6.27. The topological polar surface area (TPSA) is 46.8 Å². The minimum Gasteiger partial charge on any atom is -0.487 e. The summed E-state index contributed by atoms with van der Waals surface area (Å²) in [5.74, 6) is 2.92. The Hall–Kier alpha value is -2.47. The monoisotopic (exact) mass is 367 g/mol. The molecule has 0 radical (unpaired) electrons. The average molecular weight is 367 g/mol.